The van der Waals surface area contributed by atoms with Gasteiger partial charge in [0.2, 0.25) is 0 Å². The number of likely N-dealkylation sites (N-methyl/N-ethyl adjacent to an activating group) is 1. The molecule has 2 atom stereocenters. The van der Waals surface area contributed by atoms with Crippen molar-refractivity contribution in [3.63, 3.8) is 0 Å². The summed E-state index contributed by atoms with van der Waals surface area (Å²) >= 11 is 0. The zero-order valence-corrected chi connectivity index (χ0v) is 20.3. The van der Waals surface area contributed by atoms with Crippen LogP contribution in [0.1, 0.15) is 51.9 Å². The zero-order valence-electron chi connectivity index (χ0n) is 20.3. The highest BCUT2D eigenvalue weighted by molar-refractivity contribution is 5.99. The van der Waals surface area contributed by atoms with Crippen molar-refractivity contribution in [1.29, 1.82) is 0 Å². The van der Waals surface area contributed by atoms with E-state index in [4.69, 9.17) is 9.47 Å². The second-order valence-corrected chi connectivity index (χ2v) is 9.64. The third kappa shape index (κ3) is 7.03. The average molecular weight is 449 g/mol. The Labute approximate surface area is 190 Å². The van der Waals surface area contributed by atoms with E-state index in [1.54, 1.807) is 37.2 Å². The van der Waals surface area contributed by atoms with Crippen LogP contribution in [0.25, 0.3) is 0 Å². The standard InChI is InChI=1S/C23H36N4O5/c1-14(2)24-21(29)25-16-9-10-18-17(11-16)20(28)26(7)12-15(3)19(31-18)13-27(8)22(30)32-23(4,5)6/h9-11,14-15,19H,12-13H2,1-8H3,(H2,24,25,29)/t15-,19-/m0/s1. The van der Waals surface area contributed by atoms with E-state index in [-0.39, 0.29) is 30.0 Å². The van der Waals surface area contributed by atoms with E-state index in [0.717, 1.165) is 0 Å². The fourth-order valence-electron chi connectivity index (χ4n) is 3.33. The Kier molecular flexibility index (Phi) is 7.98. The summed E-state index contributed by atoms with van der Waals surface area (Å²) in [6, 6.07) is 4.61. The van der Waals surface area contributed by atoms with Crippen LogP contribution in [0.4, 0.5) is 15.3 Å². The number of carbonyl (C=O) groups excluding carboxylic acids is 3. The van der Waals surface area contributed by atoms with Gasteiger partial charge in [-0.15, -0.1) is 0 Å². The van der Waals surface area contributed by atoms with Crippen molar-refractivity contribution < 1.29 is 23.9 Å². The van der Waals surface area contributed by atoms with Crippen molar-refractivity contribution >= 4 is 23.7 Å². The molecule has 178 valence electrons. The van der Waals surface area contributed by atoms with Crippen molar-refractivity contribution in [3.05, 3.63) is 23.8 Å². The Morgan fingerprint density at radius 1 is 1.31 bits per heavy atom. The highest BCUT2D eigenvalue weighted by Gasteiger charge is 2.32. The number of fused-ring (bicyclic) bond motifs is 1. The molecular formula is C23H36N4O5. The molecule has 32 heavy (non-hydrogen) atoms. The molecule has 0 spiro atoms. The predicted octanol–water partition coefficient (Wildman–Crippen LogP) is 3.55. The summed E-state index contributed by atoms with van der Waals surface area (Å²) in [7, 11) is 3.40. The van der Waals surface area contributed by atoms with E-state index < -0.39 is 11.7 Å². The average Bonchev–Trinajstić information content (AvgIpc) is 2.64. The van der Waals surface area contributed by atoms with Crippen molar-refractivity contribution in [3.8, 4) is 5.75 Å². The monoisotopic (exact) mass is 448 g/mol. The maximum Gasteiger partial charge on any atom is 0.410 e. The van der Waals surface area contributed by atoms with Crippen LogP contribution in [0, 0.1) is 5.92 Å². The van der Waals surface area contributed by atoms with Gasteiger partial charge in [0, 0.05) is 38.3 Å². The van der Waals surface area contributed by atoms with Gasteiger partial charge in [0.05, 0.1) is 12.1 Å². The van der Waals surface area contributed by atoms with E-state index in [9.17, 15) is 14.4 Å². The first-order chi connectivity index (χ1) is 14.8. The molecule has 1 aromatic carbocycles. The fourth-order valence-corrected chi connectivity index (χ4v) is 3.33. The fraction of sp³-hybridized carbons (Fsp3) is 0.609. The van der Waals surface area contributed by atoms with Crippen LogP contribution in [0.3, 0.4) is 0 Å². The summed E-state index contributed by atoms with van der Waals surface area (Å²) in [5, 5.41) is 5.49. The maximum atomic E-state index is 13.0. The zero-order chi connectivity index (χ0) is 24.2. The minimum Gasteiger partial charge on any atom is -0.487 e. The number of benzene rings is 1. The number of amides is 4. The lowest BCUT2D eigenvalue weighted by atomic mass is 10.0. The lowest BCUT2D eigenvalue weighted by molar-refractivity contribution is 0.0150. The number of hydrogen-bond acceptors (Lipinski definition) is 5. The van der Waals surface area contributed by atoms with E-state index in [0.29, 0.717) is 30.1 Å². The Hall–Kier alpha value is -2.97. The molecule has 0 unspecified atom stereocenters. The summed E-state index contributed by atoms with van der Waals surface area (Å²) in [6.07, 6.45) is -0.791. The normalized spacial score (nSPS) is 18.8. The summed E-state index contributed by atoms with van der Waals surface area (Å²) in [5.74, 6) is 0.182. The number of anilines is 1. The Morgan fingerprint density at radius 2 is 1.97 bits per heavy atom. The van der Waals surface area contributed by atoms with Gasteiger partial charge in [-0.3, -0.25) is 4.79 Å². The van der Waals surface area contributed by atoms with Crippen LogP contribution in [-0.4, -0.2) is 72.8 Å². The molecule has 0 fully saturated rings. The number of rotatable bonds is 4. The van der Waals surface area contributed by atoms with Crippen molar-refractivity contribution in [2.45, 2.75) is 59.3 Å². The maximum absolute atomic E-state index is 13.0. The summed E-state index contributed by atoms with van der Waals surface area (Å²) in [4.78, 5) is 40.6. The van der Waals surface area contributed by atoms with Gasteiger partial charge in [-0.05, 0) is 52.8 Å². The minimum absolute atomic E-state index is 0.0142. The van der Waals surface area contributed by atoms with Crippen molar-refractivity contribution in [2.24, 2.45) is 5.92 Å². The number of nitrogens with zero attached hydrogens (tertiary/aromatic N) is 2. The van der Waals surface area contributed by atoms with Gasteiger partial charge in [-0.25, -0.2) is 9.59 Å². The number of ether oxygens (including phenoxy) is 2. The van der Waals surface area contributed by atoms with Gasteiger partial charge in [-0.2, -0.15) is 0 Å². The molecule has 1 aliphatic rings. The van der Waals surface area contributed by atoms with Crippen molar-refractivity contribution in [1.82, 2.24) is 15.1 Å². The van der Waals surface area contributed by atoms with Crippen LogP contribution in [-0.2, 0) is 4.74 Å². The molecule has 0 saturated heterocycles. The number of urea groups is 1. The minimum atomic E-state index is -0.594. The van der Waals surface area contributed by atoms with Gasteiger partial charge in [0.15, 0.2) is 0 Å². The molecule has 2 rings (SSSR count). The molecule has 1 heterocycles. The molecule has 0 bridgehead atoms. The smallest absolute Gasteiger partial charge is 0.410 e. The first kappa shape index (κ1) is 25.3. The van der Waals surface area contributed by atoms with Gasteiger partial charge < -0.3 is 29.9 Å². The molecule has 1 aromatic rings. The number of hydrogen-bond donors (Lipinski definition) is 2. The molecule has 0 aliphatic carbocycles. The highest BCUT2D eigenvalue weighted by Crippen LogP contribution is 2.29. The highest BCUT2D eigenvalue weighted by atomic mass is 16.6. The lowest BCUT2D eigenvalue weighted by Gasteiger charge is -2.35. The molecule has 0 saturated carbocycles. The summed E-state index contributed by atoms with van der Waals surface area (Å²) in [5.41, 5.74) is 0.249. The summed E-state index contributed by atoms with van der Waals surface area (Å²) < 4.78 is 11.7. The second-order valence-electron chi connectivity index (χ2n) is 9.64. The first-order valence-corrected chi connectivity index (χ1v) is 10.8. The molecule has 0 aromatic heterocycles. The second kappa shape index (κ2) is 10.1. The Balaban J connectivity index is 2.25. The van der Waals surface area contributed by atoms with Gasteiger partial charge >= 0.3 is 12.1 Å². The molecule has 2 N–H and O–H groups in total. The van der Waals surface area contributed by atoms with Crippen LogP contribution in [0.2, 0.25) is 0 Å². The van der Waals surface area contributed by atoms with Gasteiger partial charge in [-0.1, -0.05) is 6.92 Å². The predicted molar refractivity (Wildman–Crippen MR) is 123 cm³/mol. The Morgan fingerprint density at radius 3 is 2.56 bits per heavy atom. The van der Waals surface area contributed by atoms with E-state index >= 15 is 0 Å². The van der Waals surface area contributed by atoms with E-state index in [2.05, 4.69) is 10.6 Å². The van der Waals surface area contributed by atoms with Gasteiger partial charge in [0.25, 0.3) is 5.91 Å². The van der Waals surface area contributed by atoms with E-state index in [1.807, 2.05) is 41.5 Å². The molecule has 0 radical (unpaired) electrons. The first-order valence-electron chi connectivity index (χ1n) is 10.8. The lowest BCUT2D eigenvalue weighted by Crippen LogP contribution is -2.47. The van der Waals surface area contributed by atoms with Crippen LogP contribution >= 0.6 is 0 Å². The van der Waals surface area contributed by atoms with Crippen LogP contribution in [0.5, 0.6) is 5.75 Å². The van der Waals surface area contributed by atoms with Gasteiger partial charge in [0.1, 0.15) is 17.5 Å². The molecular weight excluding hydrogens is 412 g/mol. The SMILES string of the molecule is CC(C)NC(=O)Nc1ccc2c(c1)C(=O)N(C)C[C@H](C)[C@H](CN(C)C(=O)OC(C)(C)C)O2. The number of nitrogens with one attached hydrogen (secondary N) is 2. The third-order valence-electron chi connectivity index (χ3n) is 4.87. The topological polar surface area (TPSA) is 100 Å². The van der Waals surface area contributed by atoms with Crippen molar-refractivity contribution in [2.75, 3.05) is 32.5 Å². The van der Waals surface area contributed by atoms with Crippen LogP contribution in [0.15, 0.2) is 18.2 Å². The molecule has 4 amide bonds. The quantitative estimate of drug-likeness (QED) is 0.734. The van der Waals surface area contributed by atoms with E-state index in [1.165, 1.54) is 4.90 Å². The number of carbonyl (C=O) groups is 3. The molecule has 1 aliphatic heterocycles. The van der Waals surface area contributed by atoms with Crippen LogP contribution < -0.4 is 15.4 Å². The molecule has 9 heteroatoms. The Bertz CT molecular complexity index is 849. The summed E-state index contributed by atoms with van der Waals surface area (Å²) in [6.45, 7) is 11.9. The largest absolute Gasteiger partial charge is 0.487 e. The third-order valence-corrected chi connectivity index (χ3v) is 4.87. The molecule has 9 nitrogen and oxygen atoms in total.